The molecule has 1 aliphatic rings. The SMILES string of the molecule is CCc1ccccc1OCC(=O)NC1CCN(C(=O)c2ccc(Br)o2)CC1. The topological polar surface area (TPSA) is 71.8 Å². The molecule has 0 saturated carbocycles. The monoisotopic (exact) mass is 434 g/mol. The van der Waals surface area contributed by atoms with Crippen molar-refractivity contribution >= 4 is 27.7 Å². The summed E-state index contributed by atoms with van der Waals surface area (Å²) < 4.78 is 11.5. The highest BCUT2D eigenvalue weighted by Crippen LogP contribution is 2.20. The highest BCUT2D eigenvalue weighted by atomic mass is 79.9. The molecule has 1 N–H and O–H groups in total. The number of aryl methyl sites for hydroxylation is 1. The fourth-order valence-electron chi connectivity index (χ4n) is 3.16. The maximum Gasteiger partial charge on any atom is 0.289 e. The molecule has 0 atom stereocenters. The van der Waals surface area contributed by atoms with E-state index in [2.05, 4.69) is 28.2 Å². The lowest BCUT2D eigenvalue weighted by atomic mass is 10.0. The number of piperidine rings is 1. The maximum absolute atomic E-state index is 12.4. The van der Waals surface area contributed by atoms with Crippen molar-refractivity contribution < 1.29 is 18.7 Å². The lowest BCUT2D eigenvalue weighted by Gasteiger charge is -2.31. The molecule has 1 aromatic heterocycles. The molecule has 2 heterocycles. The zero-order valence-electron chi connectivity index (χ0n) is 15.2. The number of furan rings is 1. The summed E-state index contributed by atoms with van der Waals surface area (Å²) in [4.78, 5) is 26.3. The van der Waals surface area contributed by atoms with Crippen LogP contribution < -0.4 is 10.1 Å². The number of para-hydroxylation sites is 1. The van der Waals surface area contributed by atoms with Crippen LogP contribution in [-0.4, -0.2) is 42.5 Å². The van der Waals surface area contributed by atoms with Crippen LogP contribution in [0.3, 0.4) is 0 Å². The summed E-state index contributed by atoms with van der Waals surface area (Å²) in [5.41, 5.74) is 1.08. The number of amides is 2. The Labute approximate surface area is 167 Å². The van der Waals surface area contributed by atoms with E-state index in [0.29, 0.717) is 36.4 Å². The first-order valence-electron chi connectivity index (χ1n) is 9.11. The fourth-order valence-corrected chi connectivity index (χ4v) is 3.47. The van der Waals surface area contributed by atoms with Crippen molar-refractivity contribution in [3.63, 3.8) is 0 Å². The molecule has 1 aromatic carbocycles. The molecule has 2 amide bonds. The number of benzene rings is 1. The maximum atomic E-state index is 12.4. The third-order valence-electron chi connectivity index (χ3n) is 4.64. The van der Waals surface area contributed by atoms with Crippen LogP contribution in [0.4, 0.5) is 0 Å². The predicted octanol–water partition coefficient (Wildman–Crippen LogP) is 3.40. The summed E-state index contributed by atoms with van der Waals surface area (Å²) in [6, 6.07) is 11.2. The van der Waals surface area contributed by atoms with Crippen LogP contribution in [0.1, 0.15) is 35.9 Å². The van der Waals surface area contributed by atoms with E-state index in [1.807, 2.05) is 24.3 Å². The van der Waals surface area contributed by atoms with Gasteiger partial charge in [0.05, 0.1) is 0 Å². The van der Waals surface area contributed by atoms with Crippen LogP contribution in [0.2, 0.25) is 0 Å². The van der Waals surface area contributed by atoms with Crippen LogP contribution in [0, 0.1) is 0 Å². The highest BCUT2D eigenvalue weighted by molar-refractivity contribution is 9.10. The van der Waals surface area contributed by atoms with E-state index in [1.165, 1.54) is 0 Å². The second kappa shape index (κ2) is 9.08. The molecule has 2 aromatic rings. The molecule has 6 nitrogen and oxygen atoms in total. The third kappa shape index (κ3) is 5.13. The van der Waals surface area contributed by atoms with Crippen molar-refractivity contribution in [2.75, 3.05) is 19.7 Å². The lowest BCUT2D eigenvalue weighted by Crippen LogP contribution is -2.47. The highest BCUT2D eigenvalue weighted by Gasteiger charge is 2.26. The van der Waals surface area contributed by atoms with Gasteiger partial charge in [0.25, 0.3) is 11.8 Å². The first-order chi connectivity index (χ1) is 13.1. The number of rotatable bonds is 6. The quantitative estimate of drug-likeness (QED) is 0.755. The Morgan fingerprint density at radius 1 is 1.22 bits per heavy atom. The van der Waals surface area contributed by atoms with E-state index in [9.17, 15) is 9.59 Å². The van der Waals surface area contributed by atoms with Gasteiger partial charge >= 0.3 is 0 Å². The molecule has 0 aliphatic carbocycles. The molecule has 0 spiro atoms. The van der Waals surface area contributed by atoms with E-state index >= 15 is 0 Å². The van der Waals surface area contributed by atoms with Gasteiger partial charge in [-0.1, -0.05) is 25.1 Å². The predicted molar refractivity (Wildman–Crippen MR) is 105 cm³/mol. The molecule has 3 rings (SSSR count). The molecule has 1 fully saturated rings. The van der Waals surface area contributed by atoms with Gasteiger partial charge in [0.15, 0.2) is 17.0 Å². The Bertz CT molecular complexity index is 797. The van der Waals surface area contributed by atoms with E-state index in [1.54, 1.807) is 17.0 Å². The van der Waals surface area contributed by atoms with Crippen molar-refractivity contribution in [1.82, 2.24) is 10.2 Å². The minimum atomic E-state index is -0.138. The normalized spacial score (nSPS) is 14.8. The number of nitrogens with zero attached hydrogens (tertiary/aromatic N) is 1. The van der Waals surface area contributed by atoms with Gasteiger partial charge in [-0.3, -0.25) is 9.59 Å². The third-order valence-corrected chi connectivity index (χ3v) is 5.07. The van der Waals surface area contributed by atoms with E-state index < -0.39 is 0 Å². The Morgan fingerprint density at radius 3 is 2.63 bits per heavy atom. The zero-order chi connectivity index (χ0) is 19.2. The Morgan fingerprint density at radius 2 is 1.96 bits per heavy atom. The van der Waals surface area contributed by atoms with Gasteiger partial charge in [-0.2, -0.15) is 0 Å². The molecule has 1 saturated heterocycles. The Balaban J connectivity index is 1.43. The number of likely N-dealkylation sites (tertiary alicyclic amines) is 1. The molecular formula is C20H23BrN2O4. The molecule has 7 heteroatoms. The summed E-state index contributed by atoms with van der Waals surface area (Å²) in [6.07, 6.45) is 2.28. The fraction of sp³-hybridized carbons (Fsp3) is 0.400. The molecule has 0 radical (unpaired) electrons. The molecule has 1 aliphatic heterocycles. The van der Waals surface area contributed by atoms with Gasteiger partial charge in [0.1, 0.15) is 5.75 Å². The number of hydrogen-bond acceptors (Lipinski definition) is 4. The smallest absolute Gasteiger partial charge is 0.289 e. The Kier molecular flexibility index (Phi) is 6.55. The summed E-state index contributed by atoms with van der Waals surface area (Å²) in [7, 11) is 0. The van der Waals surface area contributed by atoms with Gasteiger partial charge in [-0.15, -0.1) is 0 Å². The largest absolute Gasteiger partial charge is 0.483 e. The van der Waals surface area contributed by atoms with E-state index in [0.717, 1.165) is 17.7 Å². The zero-order valence-corrected chi connectivity index (χ0v) is 16.8. The first-order valence-corrected chi connectivity index (χ1v) is 9.90. The number of halogens is 1. The minimum Gasteiger partial charge on any atom is -0.483 e. The van der Waals surface area contributed by atoms with E-state index in [4.69, 9.17) is 9.15 Å². The van der Waals surface area contributed by atoms with Crippen LogP contribution in [0.15, 0.2) is 45.5 Å². The van der Waals surface area contributed by atoms with Gasteiger partial charge in [0, 0.05) is 19.1 Å². The average molecular weight is 435 g/mol. The number of carbonyl (C=O) groups is 2. The van der Waals surface area contributed by atoms with Crippen LogP contribution >= 0.6 is 15.9 Å². The standard InChI is InChI=1S/C20H23BrN2O4/c1-2-14-5-3-4-6-16(14)26-13-19(24)22-15-9-11-23(12-10-15)20(25)17-7-8-18(21)27-17/h3-8,15H,2,9-13H2,1H3,(H,22,24). The summed E-state index contributed by atoms with van der Waals surface area (Å²) in [5.74, 6) is 0.818. The molecule has 0 unspecified atom stereocenters. The van der Waals surface area contributed by atoms with Crippen molar-refractivity contribution in [2.45, 2.75) is 32.2 Å². The molecule has 27 heavy (non-hydrogen) atoms. The second-order valence-electron chi connectivity index (χ2n) is 6.49. The molecule has 144 valence electrons. The first kappa shape index (κ1) is 19.5. The van der Waals surface area contributed by atoms with Crippen LogP contribution in [0.25, 0.3) is 0 Å². The van der Waals surface area contributed by atoms with Crippen molar-refractivity contribution in [3.05, 3.63) is 52.4 Å². The summed E-state index contributed by atoms with van der Waals surface area (Å²) in [6.45, 7) is 3.22. The second-order valence-corrected chi connectivity index (χ2v) is 7.27. The number of ether oxygens (including phenoxy) is 1. The number of hydrogen-bond donors (Lipinski definition) is 1. The van der Waals surface area contributed by atoms with Crippen LogP contribution in [0.5, 0.6) is 5.75 Å². The van der Waals surface area contributed by atoms with Gasteiger partial charge < -0.3 is 19.4 Å². The Hall–Kier alpha value is -2.28. The molecule has 0 bridgehead atoms. The number of carbonyl (C=O) groups excluding carboxylic acids is 2. The van der Waals surface area contributed by atoms with Gasteiger partial charge in [-0.05, 0) is 59.0 Å². The van der Waals surface area contributed by atoms with Gasteiger partial charge in [0.2, 0.25) is 0 Å². The van der Waals surface area contributed by atoms with Crippen LogP contribution in [-0.2, 0) is 11.2 Å². The minimum absolute atomic E-state index is 0.00339. The number of nitrogens with one attached hydrogen (secondary N) is 1. The van der Waals surface area contributed by atoms with Gasteiger partial charge in [-0.25, -0.2) is 0 Å². The van der Waals surface area contributed by atoms with Crippen molar-refractivity contribution in [1.29, 1.82) is 0 Å². The van der Waals surface area contributed by atoms with Crippen molar-refractivity contribution in [3.8, 4) is 5.75 Å². The lowest BCUT2D eigenvalue weighted by molar-refractivity contribution is -0.124. The summed E-state index contributed by atoms with van der Waals surface area (Å²) >= 11 is 3.20. The van der Waals surface area contributed by atoms with E-state index in [-0.39, 0.29) is 24.5 Å². The summed E-state index contributed by atoms with van der Waals surface area (Å²) in [5, 5.41) is 3.00. The average Bonchev–Trinajstić information content (AvgIpc) is 3.13. The molecular weight excluding hydrogens is 412 g/mol. The van der Waals surface area contributed by atoms with Crippen molar-refractivity contribution in [2.24, 2.45) is 0 Å².